The summed E-state index contributed by atoms with van der Waals surface area (Å²) in [6.07, 6.45) is 11.3. The lowest BCUT2D eigenvalue weighted by Crippen LogP contribution is -2.42. The molecule has 0 unspecified atom stereocenters. The Hall–Kier alpha value is -2.49. The minimum absolute atomic E-state index is 0.104. The Morgan fingerprint density at radius 3 is 2.69 bits per heavy atom. The molecule has 0 bridgehead atoms. The second-order valence-electron chi connectivity index (χ2n) is 6.88. The lowest BCUT2D eigenvalue weighted by atomic mass is 9.92. The summed E-state index contributed by atoms with van der Waals surface area (Å²) in [7, 11) is 1.43. The summed E-state index contributed by atoms with van der Waals surface area (Å²) in [5.74, 6) is 2.15. The maximum atomic E-state index is 12.3. The molecule has 1 aliphatic heterocycles. The highest BCUT2D eigenvalue weighted by Crippen LogP contribution is 2.49. The topological polar surface area (TPSA) is 38.8 Å². The highest BCUT2D eigenvalue weighted by atomic mass is 16.5. The molecule has 0 spiro atoms. The van der Waals surface area contributed by atoms with Gasteiger partial charge in [-0.15, -0.1) is 0 Å². The fourth-order valence-electron chi connectivity index (χ4n) is 3.49. The lowest BCUT2D eigenvalue weighted by Gasteiger charge is -2.35. The third-order valence-corrected chi connectivity index (χ3v) is 5.04. The van der Waals surface area contributed by atoms with Gasteiger partial charge in [-0.1, -0.05) is 24.8 Å². The molecular weight excluding hydrogens is 326 g/mol. The molecule has 0 N–H and O–H groups in total. The minimum Gasteiger partial charge on any atom is -0.457 e. The van der Waals surface area contributed by atoms with Crippen LogP contribution >= 0.6 is 0 Å². The standard InChI is InChI=1S/C22H27NO3/c1-5-7-8-17(6-2)26-21-18(16-10-11-16)13-14-20-19(21)12-9-15(3)23(20)22(24)25-4/h5-8,13-16H,2,9-12H2,1,3-4H3/b7-5-,17-8+/t15-/m0/s1. The van der Waals surface area contributed by atoms with Gasteiger partial charge in [-0.05, 0) is 69.2 Å². The molecule has 0 aromatic heterocycles. The van der Waals surface area contributed by atoms with Gasteiger partial charge in [-0.3, -0.25) is 4.90 Å². The summed E-state index contributed by atoms with van der Waals surface area (Å²) < 4.78 is 11.3. The van der Waals surface area contributed by atoms with Crippen molar-refractivity contribution in [2.45, 2.75) is 51.5 Å². The first-order chi connectivity index (χ1) is 12.6. The molecule has 1 aromatic carbocycles. The minimum atomic E-state index is -0.322. The van der Waals surface area contributed by atoms with E-state index in [1.54, 1.807) is 11.0 Å². The van der Waals surface area contributed by atoms with Crippen molar-refractivity contribution in [1.82, 2.24) is 0 Å². The molecule has 1 fully saturated rings. The zero-order chi connectivity index (χ0) is 18.7. The Kier molecular flexibility index (Phi) is 5.50. The van der Waals surface area contributed by atoms with Crippen LogP contribution in [0.3, 0.4) is 0 Å². The van der Waals surface area contributed by atoms with E-state index in [1.165, 1.54) is 25.5 Å². The average molecular weight is 353 g/mol. The van der Waals surface area contributed by atoms with Crippen LogP contribution in [0.1, 0.15) is 50.2 Å². The van der Waals surface area contributed by atoms with Crippen LogP contribution < -0.4 is 9.64 Å². The summed E-state index contributed by atoms with van der Waals surface area (Å²) >= 11 is 0. The van der Waals surface area contributed by atoms with Gasteiger partial charge in [0.1, 0.15) is 11.5 Å². The molecule has 1 aromatic rings. The van der Waals surface area contributed by atoms with E-state index in [0.29, 0.717) is 11.7 Å². The van der Waals surface area contributed by atoms with Gasteiger partial charge in [-0.2, -0.15) is 0 Å². The van der Waals surface area contributed by atoms with Crippen LogP contribution in [0.2, 0.25) is 0 Å². The number of anilines is 1. The summed E-state index contributed by atoms with van der Waals surface area (Å²) in [6, 6.07) is 4.26. The number of fused-ring (bicyclic) bond motifs is 1. The Labute approximate surface area is 155 Å². The number of methoxy groups -OCH3 is 1. The Balaban J connectivity index is 2.08. The van der Waals surface area contributed by atoms with Gasteiger partial charge in [0.25, 0.3) is 0 Å². The summed E-state index contributed by atoms with van der Waals surface area (Å²) in [6.45, 7) is 7.89. The van der Waals surface area contributed by atoms with E-state index in [-0.39, 0.29) is 12.1 Å². The quantitative estimate of drug-likeness (QED) is 0.518. The van der Waals surface area contributed by atoms with Crippen LogP contribution in [0, 0.1) is 0 Å². The van der Waals surface area contributed by atoms with Crippen LogP contribution in [-0.4, -0.2) is 19.2 Å². The van der Waals surface area contributed by atoms with Gasteiger partial charge in [0.05, 0.1) is 12.8 Å². The number of hydrogen-bond donors (Lipinski definition) is 0. The molecule has 3 rings (SSSR count). The van der Waals surface area contributed by atoms with Crippen molar-refractivity contribution in [1.29, 1.82) is 0 Å². The largest absolute Gasteiger partial charge is 0.457 e. The Bertz CT molecular complexity index is 759. The molecule has 26 heavy (non-hydrogen) atoms. The van der Waals surface area contributed by atoms with Crippen LogP contribution in [-0.2, 0) is 11.2 Å². The van der Waals surface area contributed by atoms with Gasteiger partial charge >= 0.3 is 6.09 Å². The number of hydrogen-bond acceptors (Lipinski definition) is 3. The van der Waals surface area contributed by atoms with E-state index >= 15 is 0 Å². The lowest BCUT2D eigenvalue weighted by molar-refractivity contribution is 0.175. The first-order valence-electron chi connectivity index (χ1n) is 9.26. The molecule has 1 heterocycles. The van der Waals surface area contributed by atoms with Gasteiger partial charge < -0.3 is 9.47 Å². The zero-order valence-electron chi connectivity index (χ0n) is 15.8. The number of amides is 1. The summed E-state index contributed by atoms with van der Waals surface area (Å²) in [5.41, 5.74) is 3.21. The SMILES string of the molecule is C=C/C(=C\C=C/C)Oc1c(C2CC2)ccc2c1CC[C@H](C)N2C(=O)OC. The molecule has 4 nitrogen and oxygen atoms in total. The van der Waals surface area contributed by atoms with Crippen molar-refractivity contribution in [2.75, 3.05) is 12.0 Å². The molecule has 0 radical (unpaired) electrons. The maximum absolute atomic E-state index is 12.3. The molecule has 138 valence electrons. The van der Waals surface area contributed by atoms with Crippen molar-refractivity contribution >= 4 is 11.8 Å². The van der Waals surface area contributed by atoms with Gasteiger partial charge in [-0.25, -0.2) is 4.79 Å². The third-order valence-electron chi connectivity index (χ3n) is 5.04. The van der Waals surface area contributed by atoms with Crippen LogP contribution in [0.5, 0.6) is 5.75 Å². The van der Waals surface area contributed by atoms with E-state index in [2.05, 4.69) is 19.6 Å². The van der Waals surface area contributed by atoms with Crippen molar-refractivity contribution in [2.24, 2.45) is 0 Å². The fraction of sp³-hybridized carbons (Fsp3) is 0.409. The monoisotopic (exact) mass is 353 g/mol. The molecule has 1 aliphatic carbocycles. The van der Waals surface area contributed by atoms with Crippen LogP contribution in [0.25, 0.3) is 0 Å². The summed E-state index contributed by atoms with van der Waals surface area (Å²) in [4.78, 5) is 14.1. The first-order valence-corrected chi connectivity index (χ1v) is 9.26. The smallest absolute Gasteiger partial charge is 0.414 e. The van der Waals surface area contributed by atoms with Gasteiger partial charge in [0, 0.05) is 11.6 Å². The van der Waals surface area contributed by atoms with Crippen LogP contribution in [0.15, 0.2) is 48.8 Å². The van der Waals surface area contributed by atoms with Crippen molar-refractivity contribution in [3.05, 3.63) is 59.9 Å². The normalized spacial score (nSPS) is 20.0. The van der Waals surface area contributed by atoms with E-state index in [9.17, 15) is 4.79 Å². The predicted octanol–water partition coefficient (Wildman–Crippen LogP) is 5.50. The highest BCUT2D eigenvalue weighted by molar-refractivity contribution is 5.90. The van der Waals surface area contributed by atoms with Crippen LogP contribution in [0.4, 0.5) is 10.5 Å². The van der Waals surface area contributed by atoms with Gasteiger partial charge in [0.15, 0.2) is 0 Å². The second-order valence-corrected chi connectivity index (χ2v) is 6.88. The number of carbonyl (C=O) groups is 1. The first kappa shape index (κ1) is 18.3. The highest BCUT2D eigenvalue weighted by Gasteiger charge is 2.35. The summed E-state index contributed by atoms with van der Waals surface area (Å²) in [5, 5.41) is 0. The van der Waals surface area contributed by atoms with Crippen molar-refractivity contribution in [3.8, 4) is 5.75 Å². The molecule has 4 heteroatoms. The van der Waals surface area contributed by atoms with Crippen molar-refractivity contribution in [3.63, 3.8) is 0 Å². The van der Waals surface area contributed by atoms with E-state index in [4.69, 9.17) is 9.47 Å². The zero-order valence-corrected chi connectivity index (χ0v) is 15.8. The molecule has 1 amide bonds. The van der Waals surface area contributed by atoms with E-state index < -0.39 is 0 Å². The number of benzene rings is 1. The van der Waals surface area contributed by atoms with Gasteiger partial charge in [0.2, 0.25) is 0 Å². The third kappa shape index (κ3) is 3.55. The maximum Gasteiger partial charge on any atom is 0.414 e. The fourth-order valence-corrected chi connectivity index (χ4v) is 3.49. The Morgan fingerprint density at radius 1 is 1.31 bits per heavy atom. The predicted molar refractivity (Wildman–Crippen MR) is 105 cm³/mol. The van der Waals surface area contributed by atoms with E-state index in [0.717, 1.165) is 29.8 Å². The number of ether oxygens (including phenoxy) is 2. The average Bonchev–Trinajstić information content (AvgIpc) is 3.49. The number of nitrogens with zero attached hydrogens (tertiary/aromatic N) is 1. The number of carbonyl (C=O) groups excluding carboxylic acids is 1. The van der Waals surface area contributed by atoms with Crippen molar-refractivity contribution < 1.29 is 14.3 Å². The second kappa shape index (κ2) is 7.81. The number of allylic oxidation sites excluding steroid dienone is 4. The molecule has 2 aliphatic rings. The molecular formula is C22H27NO3. The molecule has 1 atom stereocenters. The molecule has 0 saturated heterocycles. The van der Waals surface area contributed by atoms with E-state index in [1.807, 2.05) is 31.2 Å². The Morgan fingerprint density at radius 2 is 2.08 bits per heavy atom. The number of rotatable bonds is 5. The molecule has 1 saturated carbocycles.